The number of carbonyl (C=O) groups excluding carboxylic acids is 3. The van der Waals surface area contributed by atoms with E-state index in [2.05, 4.69) is 53.1 Å². The van der Waals surface area contributed by atoms with E-state index in [1.54, 1.807) is 0 Å². The fourth-order valence-corrected chi connectivity index (χ4v) is 10.1. The molecule has 39 heavy (non-hydrogen) atoms. The second-order valence-corrected chi connectivity index (χ2v) is 15.7. The molecule has 3 fully saturated rings. The third-order valence-corrected chi connectivity index (χ3v) is 12.7. The van der Waals surface area contributed by atoms with Gasteiger partial charge < -0.3 is 0 Å². The number of hydrogen-bond acceptors (Lipinski definition) is 5. The molecular formula is C33H50N2O4. The Balaban J connectivity index is 1.73. The van der Waals surface area contributed by atoms with Crippen molar-refractivity contribution in [3.63, 3.8) is 0 Å². The lowest BCUT2D eigenvalue weighted by molar-refractivity contribution is -0.177. The number of rotatable bonds is 5. The summed E-state index contributed by atoms with van der Waals surface area (Å²) in [6.07, 6.45) is 9.03. The smallest absolute Gasteiger partial charge is 0.250 e. The summed E-state index contributed by atoms with van der Waals surface area (Å²) < 4.78 is 0. The topological polar surface area (TPSA) is 96.3 Å². The molecule has 0 saturated heterocycles. The van der Waals surface area contributed by atoms with Crippen molar-refractivity contribution in [2.24, 2.45) is 50.2 Å². The third-order valence-electron chi connectivity index (χ3n) is 12.7. The largest absolute Gasteiger partial charge is 0.300 e. The first-order valence-corrected chi connectivity index (χ1v) is 15.0. The monoisotopic (exact) mass is 538 g/mol. The Morgan fingerprint density at radius 3 is 2.31 bits per heavy atom. The summed E-state index contributed by atoms with van der Waals surface area (Å²) >= 11 is 0. The molecule has 4 aliphatic rings. The van der Waals surface area contributed by atoms with Crippen molar-refractivity contribution in [3.8, 4) is 6.07 Å². The van der Waals surface area contributed by atoms with E-state index in [9.17, 15) is 19.6 Å². The Labute approximate surface area is 235 Å². The van der Waals surface area contributed by atoms with Crippen LogP contribution in [0.25, 0.3) is 0 Å². The highest BCUT2D eigenvalue weighted by Gasteiger charge is 2.66. The minimum Gasteiger partial charge on any atom is -0.300 e. The fraction of sp³-hybridized carbons (Fsp3) is 0.818. The number of ketones is 2. The van der Waals surface area contributed by atoms with Gasteiger partial charge in [0.1, 0.15) is 11.9 Å². The van der Waals surface area contributed by atoms with Gasteiger partial charge in [-0.15, -0.1) is 0 Å². The van der Waals surface area contributed by atoms with Gasteiger partial charge in [-0.05, 0) is 84.4 Å². The van der Waals surface area contributed by atoms with E-state index in [1.165, 1.54) is 7.11 Å². The number of hydrogen-bond donors (Lipinski definition) is 1. The average molecular weight is 539 g/mol. The van der Waals surface area contributed by atoms with Crippen LogP contribution in [0.5, 0.6) is 0 Å². The molecule has 0 aliphatic heterocycles. The van der Waals surface area contributed by atoms with Gasteiger partial charge in [-0.25, -0.2) is 5.48 Å². The van der Waals surface area contributed by atoms with Gasteiger partial charge in [0.05, 0.1) is 18.1 Å². The second-order valence-electron chi connectivity index (χ2n) is 15.7. The fourth-order valence-electron chi connectivity index (χ4n) is 10.1. The van der Waals surface area contributed by atoms with Crippen LogP contribution in [0.4, 0.5) is 0 Å². The Bertz CT molecular complexity index is 1130. The van der Waals surface area contributed by atoms with Crippen molar-refractivity contribution in [1.82, 2.24) is 5.48 Å². The van der Waals surface area contributed by atoms with Gasteiger partial charge in [0.25, 0.3) is 0 Å². The van der Waals surface area contributed by atoms with Crippen LogP contribution >= 0.6 is 0 Å². The first-order chi connectivity index (χ1) is 17.9. The van der Waals surface area contributed by atoms with Crippen LogP contribution in [0.3, 0.4) is 0 Å². The van der Waals surface area contributed by atoms with E-state index >= 15 is 0 Å². The number of nitrogens with one attached hydrogen (secondary N) is 1. The molecule has 3 unspecified atom stereocenters. The number of fused-ring (bicyclic) bond motifs is 3. The molecule has 4 rings (SSSR count). The number of nitrogens with zero attached hydrogens (tertiary/aromatic N) is 1. The highest BCUT2D eigenvalue weighted by Crippen LogP contribution is 2.70. The number of Topliss-reactive ketones (excluding diaryl/α,β-unsaturated/α-hetero) is 2. The molecule has 4 aliphatic carbocycles. The number of amides is 1. The molecule has 0 radical (unpaired) electrons. The molecule has 6 nitrogen and oxygen atoms in total. The van der Waals surface area contributed by atoms with Crippen LogP contribution in [0.2, 0.25) is 0 Å². The Kier molecular flexibility index (Phi) is 7.33. The number of allylic oxidation sites excluding steroid dienone is 2. The molecular weight excluding hydrogens is 488 g/mol. The second kappa shape index (κ2) is 9.54. The van der Waals surface area contributed by atoms with Gasteiger partial charge in [-0.1, -0.05) is 61.5 Å². The van der Waals surface area contributed by atoms with Gasteiger partial charge in [0.15, 0.2) is 5.78 Å². The molecule has 7 atom stereocenters. The Morgan fingerprint density at radius 2 is 1.72 bits per heavy atom. The predicted octanol–water partition coefficient (Wildman–Crippen LogP) is 6.74. The summed E-state index contributed by atoms with van der Waals surface area (Å²) in [6, 6.07) is 2.19. The van der Waals surface area contributed by atoms with Crippen molar-refractivity contribution in [2.45, 2.75) is 113 Å². The van der Waals surface area contributed by atoms with E-state index in [0.29, 0.717) is 12.8 Å². The molecule has 0 spiro atoms. The normalized spacial score (nSPS) is 43.0. The molecule has 6 heteroatoms. The van der Waals surface area contributed by atoms with E-state index in [-0.39, 0.29) is 57.0 Å². The van der Waals surface area contributed by atoms with E-state index < -0.39 is 16.2 Å². The molecule has 1 amide bonds. The van der Waals surface area contributed by atoms with Gasteiger partial charge in [-0.2, -0.15) is 5.26 Å². The minimum absolute atomic E-state index is 0.0368. The number of hydroxylamine groups is 1. The molecule has 0 aromatic carbocycles. The predicted molar refractivity (Wildman–Crippen MR) is 151 cm³/mol. The lowest BCUT2D eigenvalue weighted by atomic mass is 9.37. The summed E-state index contributed by atoms with van der Waals surface area (Å²) in [5, 5.41) is 9.87. The molecule has 0 heterocycles. The highest BCUT2D eigenvalue weighted by molar-refractivity contribution is 6.04. The van der Waals surface area contributed by atoms with Crippen LogP contribution in [0.1, 0.15) is 113 Å². The Hall–Kier alpha value is -2.00. The molecule has 0 aromatic rings. The Morgan fingerprint density at radius 1 is 1.05 bits per heavy atom. The maximum Gasteiger partial charge on any atom is 0.250 e. The third kappa shape index (κ3) is 4.42. The van der Waals surface area contributed by atoms with E-state index in [0.717, 1.165) is 44.9 Å². The quantitative estimate of drug-likeness (QED) is 0.391. The minimum atomic E-state index is -0.639. The zero-order valence-corrected chi connectivity index (χ0v) is 25.8. The summed E-state index contributed by atoms with van der Waals surface area (Å²) in [5.74, 6) is 0.477. The first-order valence-electron chi connectivity index (χ1n) is 15.0. The molecule has 3 saturated carbocycles. The maximum atomic E-state index is 13.6. The summed E-state index contributed by atoms with van der Waals surface area (Å²) in [4.78, 5) is 45.5. The van der Waals surface area contributed by atoms with Crippen LogP contribution < -0.4 is 5.48 Å². The van der Waals surface area contributed by atoms with Crippen molar-refractivity contribution in [3.05, 3.63) is 11.6 Å². The highest BCUT2D eigenvalue weighted by atomic mass is 16.6. The van der Waals surface area contributed by atoms with E-state index in [1.807, 2.05) is 19.9 Å². The first kappa shape index (κ1) is 30.0. The zero-order chi connectivity index (χ0) is 29.2. The number of carbonyl (C=O) groups is 3. The van der Waals surface area contributed by atoms with Gasteiger partial charge in [-0.3, -0.25) is 19.2 Å². The molecule has 0 bridgehead atoms. The summed E-state index contributed by atoms with van der Waals surface area (Å²) in [6.45, 7) is 17.6. The van der Waals surface area contributed by atoms with Crippen LogP contribution in [-0.2, 0) is 19.2 Å². The maximum absolute atomic E-state index is 13.6. The molecule has 216 valence electrons. The zero-order valence-electron chi connectivity index (χ0n) is 25.8. The van der Waals surface area contributed by atoms with Crippen molar-refractivity contribution in [2.75, 3.05) is 7.11 Å². The number of nitriles is 1. The van der Waals surface area contributed by atoms with Crippen molar-refractivity contribution >= 4 is 17.5 Å². The van der Waals surface area contributed by atoms with Gasteiger partial charge >= 0.3 is 0 Å². The standard InChI is InChI=1S/C33H50N2O4/c1-21-17-28(2,3)12-14-33(21,27(38)35-39-9)15-13-30(6)19-23(36)16-25-31(7)18-22(20-34)26(37)29(4,5)24(31)10-11-32(25,30)8/h18,21,24-25H,10-17,19H2,1-9H3,(H,35,38)/t21?,24?,25?,30-,31+,32-,33+/m1/s1. The van der Waals surface area contributed by atoms with E-state index in [4.69, 9.17) is 4.84 Å². The van der Waals surface area contributed by atoms with Gasteiger partial charge in [0, 0.05) is 18.3 Å². The summed E-state index contributed by atoms with van der Waals surface area (Å²) in [5.41, 5.74) is 1.09. The average Bonchev–Trinajstić information content (AvgIpc) is 2.82. The van der Waals surface area contributed by atoms with Crippen molar-refractivity contribution < 1.29 is 19.2 Å². The van der Waals surface area contributed by atoms with Crippen LogP contribution in [0.15, 0.2) is 11.6 Å². The van der Waals surface area contributed by atoms with Gasteiger partial charge in [0.2, 0.25) is 5.91 Å². The lowest BCUT2D eigenvalue weighted by Crippen LogP contribution is -2.62. The lowest BCUT2D eigenvalue weighted by Gasteiger charge is -2.66. The van der Waals surface area contributed by atoms with Crippen LogP contribution in [-0.4, -0.2) is 24.6 Å². The molecule has 1 N–H and O–H groups in total. The molecule has 0 aromatic heterocycles. The summed E-state index contributed by atoms with van der Waals surface area (Å²) in [7, 11) is 1.49. The van der Waals surface area contributed by atoms with Crippen molar-refractivity contribution in [1.29, 1.82) is 5.26 Å². The SMILES string of the molecule is CONC(=O)[C@]1(CC[C@]2(C)CC(=O)CC3[C@@]4(C)C=C(C#N)C(=O)C(C)(C)C4CC[C@]32C)CCC(C)(C)CC1C. The van der Waals surface area contributed by atoms with Crippen LogP contribution in [0, 0.1) is 61.6 Å².